The molecule has 31 heavy (non-hydrogen) atoms. The van der Waals surface area contributed by atoms with Gasteiger partial charge < -0.3 is 14.8 Å². The molecule has 2 atom stereocenters. The van der Waals surface area contributed by atoms with Crippen molar-refractivity contribution in [1.82, 2.24) is 5.32 Å². The summed E-state index contributed by atoms with van der Waals surface area (Å²) in [5.74, 6) is 0.722. The summed E-state index contributed by atoms with van der Waals surface area (Å²) in [6.45, 7) is 3.52. The maximum absolute atomic E-state index is 13.2. The average molecular weight is 489 g/mol. The van der Waals surface area contributed by atoms with E-state index in [2.05, 4.69) is 5.32 Å². The van der Waals surface area contributed by atoms with Crippen LogP contribution in [0.5, 0.6) is 11.5 Å². The fourth-order valence-corrected chi connectivity index (χ4v) is 4.74. The summed E-state index contributed by atoms with van der Waals surface area (Å²) in [4.78, 5) is 13.2. The number of nitrogens with one attached hydrogen (secondary N) is 1. The summed E-state index contributed by atoms with van der Waals surface area (Å²) in [6.07, 6.45) is 1.28. The van der Waals surface area contributed by atoms with Crippen LogP contribution in [0.15, 0.2) is 36.4 Å². The lowest BCUT2D eigenvalue weighted by molar-refractivity contribution is -0.122. The first-order valence-corrected chi connectivity index (χ1v) is 12.1. The Balaban J connectivity index is 2.39. The molecular weight excluding hydrogens is 463 g/mol. The van der Waals surface area contributed by atoms with Crippen molar-refractivity contribution in [2.45, 2.75) is 32.4 Å². The molecule has 0 fully saturated rings. The number of anilines is 1. The van der Waals surface area contributed by atoms with Gasteiger partial charge in [0.25, 0.3) is 0 Å². The van der Waals surface area contributed by atoms with Gasteiger partial charge in [-0.1, -0.05) is 30.1 Å². The molecule has 1 amide bonds. The molecule has 0 unspecified atom stereocenters. The van der Waals surface area contributed by atoms with Gasteiger partial charge in [-0.25, -0.2) is 8.42 Å². The second-order valence-electron chi connectivity index (χ2n) is 6.92. The predicted octanol–water partition coefficient (Wildman–Crippen LogP) is 4.43. The minimum atomic E-state index is -3.80. The monoisotopic (exact) mass is 488 g/mol. The highest BCUT2D eigenvalue weighted by Crippen LogP contribution is 2.32. The van der Waals surface area contributed by atoms with Crippen molar-refractivity contribution in [3.05, 3.63) is 52.0 Å². The van der Waals surface area contributed by atoms with Gasteiger partial charge in [0.15, 0.2) is 0 Å². The summed E-state index contributed by atoms with van der Waals surface area (Å²) >= 11 is 12.0. The molecule has 170 valence electrons. The molecule has 2 rings (SSSR count). The molecule has 0 aliphatic carbocycles. The van der Waals surface area contributed by atoms with Gasteiger partial charge in [-0.15, -0.1) is 0 Å². The molecule has 2 aromatic rings. The number of carbonyl (C=O) groups excluding carboxylic acids is 1. The lowest BCUT2D eigenvalue weighted by Gasteiger charge is -2.31. The third-order valence-corrected chi connectivity index (χ3v) is 6.67. The van der Waals surface area contributed by atoms with Crippen LogP contribution in [-0.2, 0) is 14.8 Å². The van der Waals surface area contributed by atoms with Crippen molar-refractivity contribution >= 4 is 44.8 Å². The Kier molecular flexibility index (Phi) is 8.45. The van der Waals surface area contributed by atoms with E-state index in [0.717, 1.165) is 10.6 Å². The van der Waals surface area contributed by atoms with Gasteiger partial charge in [0.2, 0.25) is 15.9 Å². The lowest BCUT2D eigenvalue weighted by Crippen LogP contribution is -2.49. The summed E-state index contributed by atoms with van der Waals surface area (Å²) in [6, 6.07) is 8.22. The van der Waals surface area contributed by atoms with Gasteiger partial charge in [-0.2, -0.15) is 0 Å². The Labute approximate surface area is 193 Å². The van der Waals surface area contributed by atoms with Crippen LogP contribution in [0.4, 0.5) is 5.69 Å². The van der Waals surface area contributed by atoms with E-state index in [4.69, 9.17) is 32.7 Å². The molecule has 0 aromatic heterocycles. The van der Waals surface area contributed by atoms with Gasteiger partial charge in [0.1, 0.15) is 17.5 Å². The zero-order valence-corrected chi connectivity index (χ0v) is 20.3. The van der Waals surface area contributed by atoms with Crippen molar-refractivity contribution in [2.75, 3.05) is 24.8 Å². The number of hydrogen-bond donors (Lipinski definition) is 1. The summed E-state index contributed by atoms with van der Waals surface area (Å²) in [5.41, 5.74) is 0.955. The number of amides is 1. The Morgan fingerprint density at radius 2 is 1.77 bits per heavy atom. The van der Waals surface area contributed by atoms with Crippen LogP contribution in [0.25, 0.3) is 0 Å². The fraction of sp³-hybridized carbons (Fsp3) is 0.381. The molecule has 0 spiro atoms. The topological polar surface area (TPSA) is 84.9 Å². The normalized spacial score (nSPS) is 13.3. The van der Waals surface area contributed by atoms with Crippen LogP contribution in [0.2, 0.25) is 10.0 Å². The zero-order chi connectivity index (χ0) is 23.3. The molecule has 0 bridgehead atoms. The molecule has 0 saturated carbocycles. The van der Waals surface area contributed by atoms with Gasteiger partial charge >= 0.3 is 0 Å². The minimum Gasteiger partial charge on any atom is -0.497 e. The molecule has 0 aliphatic heterocycles. The third kappa shape index (κ3) is 5.96. The second-order valence-corrected chi connectivity index (χ2v) is 9.59. The Morgan fingerprint density at radius 1 is 1.10 bits per heavy atom. The number of rotatable bonds is 9. The maximum atomic E-state index is 13.2. The quantitative estimate of drug-likeness (QED) is 0.563. The predicted molar refractivity (Wildman–Crippen MR) is 124 cm³/mol. The van der Waals surface area contributed by atoms with E-state index in [1.807, 2.05) is 0 Å². The molecule has 1 N–H and O–H groups in total. The van der Waals surface area contributed by atoms with E-state index in [1.165, 1.54) is 25.3 Å². The SMILES string of the molecule is CC[C@@H](C(=O)N[C@@H](C)c1cc(OC)ccc1OC)N(c1ccc(Cl)c(Cl)c1)S(C)(=O)=O. The summed E-state index contributed by atoms with van der Waals surface area (Å²) in [7, 11) is -0.725. The van der Waals surface area contributed by atoms with Gasteiger partial charge in [0, 0.05) is 5.56 Å². The summed E-state index contributed by atoms with van der Waals surface area (Å²) in [5, 5.41) is 3.36. The lowest BCUT2D eigenvalue weighted by atomic mass is 10.1. The van der Waals surface area contributed by atoms with E-state index < -0.39 is 28.0 Å². The molecule has 7 nitrogen and oxygen atoms in total. The van der Waals surface area contributed by atoms with Crippen LogP contribution in [0.1, 0.15) is 31.9 Å². The number of ether oxygens (including phenoxy) is 2. The fourth-order valence-electron chi connectivity index (χ4n) is 3.25. The molecule has 0 saturated heterocycles. The highest BCUT2D eigenvalue weighted by molar-refractivity contribution is 7.92. The van der Waals surface area contributed by atoms with Crippen molar-refractivity contribution < 1.29 is 22.7 Å². The Morgan fingerprint density at radius 3 is 2.29 bits per heavy atom. The third-order valence-electron chi connectivity index (χ3n) is 4.75. The molecule has 10 heteroatoms. The van der Waals surface area contributed by atoms with E-state index in [0.29, 0.717) is 17.1 Å². The first-order chi connectivity index (χ1) is 14.5. The average Bonchev–Trinajstić information content (AvgIpc) is 2.72. The van der Waals surface area contributed by atoms with Crippen LogP contribution in [-0.4, -0.2) is 40.8 Å². The van der Waals surface area contributed by atoms with E-state index >= 15 is 0 Å². The largest absolute Gasteiger partial charge is 0.497 e. The summed E-state index contributed by atoms with van der Waals surface area (Å²) < 4.78 is 36.9. The van der Waals surface area contributed by atoms with Crippen LogP contribution in [0, 0.1) is 0 Å². The highest BCUT2D eigenvalue weighted by atomic mass is 35.5. The van der Waals surface area contributed by atoms with Crippen molar-refractivity contribution in [1.29, 1.82) is 0 Å². The number of benzene rings is 2. The molecule has 2 aromatic carbocycles. The second kappa shape index (κ2) is 10.4. The van der Waals surface area contributed by atoms with E-state index in [9.17, 15) is 13.2 Å². The number of sulfonamides is 1. The molecule has 0 heterocycles. The van der Waals surface area contributed by atoms with Gasteiger partial charge in [-0.05, 0) is 49.7 Å². The maximum Gasteiger partial charge on any atom is 0.244 e. The number of hydrogen-bond acceptors (Lipinski definition) is 5. The standard InChI is InChI=1S/C21H26Cl2N2O5S/c1-6-19(25(31(5,27)28)14-7-9-17(22)18(23)11-14)21(26)24-13(2)16-12-15(29-3)8-10-20(16)30-4/h7-13,19H,6H2,1-5H3,(H,24,26)/t13-,19-/m0/s1. The highest BCUT2D eigenvalue weighted by Gasteiger charge is 2.32. The minimum absolute atomic E-state index is 0.192. The Hall–Kier alpha value is -2.16. The van der Waals surface area contributed by atoms with Crippen molar-refractivity contribution in [2.24, 2.45) is 0 Å². The van der Waals surface area contributed by atoms with Crippen LogP contribution in [0.3, 0.4) is 0 Å². The van der Waals surface area contributed by atoms with Gasteiger partial charge in [-0.3, -0.25) is 9.10 Å². The number of methoxy groups -OCH3 is 2. The first kappa shape index (κ1) is 25.1. The number of halogens is 2. The van der Waals surface area contributed by atoms with E-state index in [1.54, 1.807) is 39.2 Å². The Bertz CT molecular complexity index is 1050. The molecule has 0 aliphatic rings. The molecular formula is C21H26Cl2N2O5S. The number of carbonyl (C=O) groups is 1. The van der Waals surface area contributed by atoms with Crippen molar-refractivity contribution in [3.63, 3.8) is 0 Å². The molecule has 0 radical (unpaired) electrons. The first-order valence-electron chi connectivity index (χ1n) is 9.50. The van der Waals surface area contributed by atoms with Gasteiger partial charge in [0.05, 0.1) is 42.2 Å². The van der Waals surface area contributed by atoms with Crippen molar-refractivity contribution in [3.8, 4) is 11.5 Å². The van der Waals surface area contributed by atoms with E-state index in [-0.39, 0.29) is 22.2 Å². The van der Waals surface area contributed by atoms with Crippen LogP contribution < -0.4 is 19.1 Å². The zero-order valence-electron chi connectivity index (χ0n) is 18.0. The number of nitrogens with zero attached hydrogens (tertiary/aromatic N) is 1. The van der Waals surface area contributed by atoms with Crippen LogP contribution >= 0.6 is 23.2 Å². The smallest absolute Gasteiger partial charge is 0.244 e.